The van der Waals surface area contributed by atoms with Crippen molar-refractivity contribution in [2.75, 3.05) is 13.2 Å². The number of ether oxygens (including phenoxy) is 1. The number of carbonyl (C=O) groups excluding carboxylic acids is 2. The molecule has 0 saturated carbocycles. The van der Waals surface area contributed by atoms with Crippen LogP contribution in [0, 0.1) is 10.1 Å². The van der Waals surface area contributed by atoms with Gasteiger partial charge in [-0.1, -0.05) is 41.6 Å². The van der Waals surface area contributed by atoms with E-state index >= 15 is 0 Å². The number of rotatable bonds is 5. The number of nitro benzene ring substituents is 1. The minimum atomic E-state index is -0.606. The van der Waals surface area contributed by atoms with Gasteiger partial charge in [0, 0.05) is 6.07 Å². The van der Waals surface area contributed by atoms with Crippen LogP contribution < -0.4 is 0 Å². The molecule has 126 valence electrons. The molecule has 10 heteroatoms. The van der Waals surface area contributed by atoms with E-state index in [1.165, 1.54) is 18.2 Å². The summed E-state index contributed by atoms with van der Waals surface area (Å²) in [5.74, 6) is -1.01. The van der Waals surface area contributed by atoms with E-state index in [0.717, 1.165) is 16.7 Å². The van der Waals surface area contributed by atoms with Gasteiger partial charge in [-0.3, -0.25) is 24.6 Å². The summed E-state index contributed by atoms with van der Waals surface area (Å²) in [7, 11) is 0. The molecule has 1 aromatic carbocycles. The Labute approximate surface area is 151 Å². The van der Waals surface area contributed by atoms with Gasteiger partial charge in [0.05, 0.1) is 16.4 Å². The summed E-state index contributed by atoms with van der Waals surface area (Å²) >= 11 is 11.9. The molecule has 1 heterocycles. The molecule has 0 unspecified atom stereocenters. The van der Waals surface area contributed by atoms with Crippen LogP contribution in [-0.4, -0.2) is 39.2 Å². The second-order valence-electron chi connectivity index (χ2n) is 4.54. The maximum atomic E-state index is 12.3. The van der Waals surface area contributed by atoms with Crippen molar-refractivity contribution in [1.29, 1.82) is 0 Å². The second kappa shape index (κ2) is 7.73. The fourth-order valence-corrected chi connectivity index (χ4v) is 3.32. The number of hydrogen-bond donors (Lipinski definition) is 0. The highest BCUT2D eigenvalue weighted by molar-refractivity contribution is 8.26. The van der Waals surface area contributed by atoms with E-state index in [2.05, 4.69) is 0 Å². The molecule has 2 rings (SSSR count). The quantitative estimate of drug-likeness (QED) is 0.252. The van der Waals surface area contributed by atoms with Crippen LogP contribution in [-0.2, 0) is 14.3 Å². The predicted molar refractivity (Wildman–Crippen MR) is 94.6 cm³/mol. The predicted octanol–water partition coefficient (Wildman–Crippen LogP) is 3.01. The first kappa shape index (κ1) is 18.4. The van der Waals surface area contributed by atoms with Crippen LogP contribution in [0.25, 0.3) is 6.08 Å². The zero-order chi connectivity index (χ0) is 17.9. The fourth-order valence-electron chi connectivity index (χ4n) is 1.88. The molecule has 1 amide bonds. The Balaban J connectivity index is 2.24. The van der Waals surface area contributed by atoms with Crippen molar-refractivity contribution in [3.63, 3.8) is 0 Å². The average molecular weight is 387 g/mol. The first-order valence-corrected chi connectivity index (χ1v) is 8.28. The maximum Gasteiger partial charge on any atom is 0.326 e. The molecular weight excluding hydrogens is 376 g/mol. The molecule has 0 N–H and O–H groups in total. The standard InChI is InChI=1S/C14H11ClN2O5S2/c1-2-22-12(18)7-16-13(19)11(24-14(16)23)6-8-3-4-9(15)10(5-8)17(20)21/h3-6H,2,7H2,1H3/b11-6-. The van der Waals surface area contributed by atoms with Crippen LogP contribution in [0.5, 0.6) is 0 Å². The number of thiocarbonyl (C=S) groups is 1. The molecule has 1 saturated heterocycles. The molecule has 0 aromatic heterocycles. The molecule has 1 aliphatic heterocycles. The van der Waals surface area contributed by atoms with E-state index < -0.39 is 16.8 Å². The van der Waals surface area contributed by atoms with E-state index in [4.69, 9.17) is 28.6 Å². The van der Waals surface area contributed by atoms with E-state index in [0.29, 0.717) is 5.56 Å². The number of amides is 1. The Bertz CT molecular complexity index is 766. The first-order chi connectivity index (χ1) is 11.3. The van der Waals surface area contributed by atoms with Crippen molar-refractivity contribution >= 4 is 63.5 Å². The number of halogens is 1. The van der Waals surface area contributed by atoms with E-state index in [1.807, 2.05) is 0 Å². The molecule has 0 spiro atoms. The van der Waals surface area contributed by atoms with Crippen LogP contribution in [0.15, 0.2) is 23.1 Å². The average Bonchev–Trinajstić information content (AvgIpc) is 2.77. The molecule has 0 bridgehead atoms. The summed E-state index contributed by atoms with van der Waals surface area (Å²) < 4.78 is 5.02. The van der Waals surface area contributed by atoms with Crippen molar-refractivity contribution in [3.05, 3.63) is 43.8 Å². The number of benzene rings is 1. The van der Waals surface area contributed by atoms with E-state index in [9.17, 15) is 19.7 Å². The Morgan fingerprint density at radius 1 is 1.54 bits per heavy atom. The zero-order valence-electron chi connectivity index (χ0n) is 12.4. The highest BCUT2D eigenvalue weighted by atomic mass is 35.5. The molecule has 7 nitrogen and oxygen atoms in total. The van der Waals surface area contributed by atoms with Gasteiger partial charge in [-0.2, -0.15) is 0 Å². The summed E-state index contributed by atoms with van der Waals surface area (Å²) in [5.41, 5.74) is 0.176. The molecule has 1 aliphatic rings. The van der Waals surface area contributed by atoms with E-state index in [-0.39, 0.29) is 33.1 Å². The Kier molecular flexibility index (Phi) is 5.92. The van der Waals surface area contributed by atoms with Crippen LogP contribution in [0.3, 0.4) is 0 Å². The van der Waals surface area contributed by atoms with Gasteiger partial charge in [-0.15, -0.1) is 0 Å². The van der Waals surface area contributed by atoms with Gasteiger partial charge in [-0.25, -0.2) is 0 Å². The molecular formula is C14H11ClN2O5S2. The minimum Gasteiger partial charge on any atom is -0.465 e. The van der Waals surface area contributed by atoms with Crippen molar-refractivity contribution in [3.8, 4) is 0 Å². The van der Waals surface area contributed by atoms with Crippen LogP contribution >= 0.6 is 35.6 Å². The smallest absolute Gasteiger partial charge is 0.326 e. The molecule has 0 radical (unpaired) electrons. The summed E-state index contributed by atoms with van der Waals surface area (Å²) in [5, 5.41) is 10.9. The Morgan fingerprint density at radius 3 is 2.88 bits per heavy atom. The number of nitro groups is 1. The largest absolute Gasteiger partial charge is 0.465 e. The van der Waals surface area contributed by atoms with Gasteiger partial charge in [0.25, 0.3) is 11.6 Å². The third kappa shape index (κ3) is 4.11. The van der Waals surface area contributed by atoms with Gasteiger partial charge >= 0.3 is 5.97 Å². The molecule has 1 fully saturated rings. The highest BCUT2D eigenvalue weighted by Crippen LogP contribution is 2.33. The summed E-state index contributed by atoms with van der Waals surface area (Å²) in [4.78, 5) is 35.5. The van der Waals surface area contributed by atoms with Crippen molar-refractivity contribution in [2.24, 2.45) is 0 Å². The lowest BCUT2D eigenvalue weighted by Gasteiger charge is -2.12. The lowest BCUT2D eigenvalue weighted by molar-refractivity contribution is -0.384. The van der Waals surface area contributed by atoms with Crippen LogP contribution in [0.2, 0.25) is 5.02 Å². The molecule has 0 atom stereocenters. The normalized spacial score (nSPS) is 15.9. The topological polar surface area (TPSA) is 89.8 Å². The molecule has 24 heavy (non-hydrogen) atoms. The number of thioether (sulfide) groups is 1. The monoisotopic (exact) mass is 386 g/mol. The van der Waals surface area contributed by atoms with Crippen LogP contribution in [0.4, 0.5) is 5.69 Å². The number of nitrogens with zero attached hydrogens (tertiary/aromatic N) is 2. The summed E-state index contributed by atoms with van der Waals surface area (Å²) in [6, 6.07) is 4.19. The number of carbonyl (C=O) groups is 2. The van der Waals surface area contributed by atoms with Crippen molar-refractivity contribution in [2.45, 2.75) is 6.92 Å². The number of hydrogen-bond acceptors (Lipinski definition) is 7. The zero-order valence-corrected chi connectivity index (χ0v) is 14.7. The van der Waals surface area contributed by atoms with Crippen molar-refractivity contribution < 1.29 is 19.2 Å². The minimum absolute atomic E-state index is 0.00649. The lowest BCUT2D eigenvalue weighted by atomic mass is 10.2. The third-order valence-corrected chi connectivity index (χ3v) is 4.63. The molecule has 0 aliphatic carbocycles. The SMILES string of the molecule is CCOC(=O)CN1C(=O)/C(=C/c2ccc(Cl)c([N+](=O)[O-])c2)SC1=S. The van der Waals surface area contributed by atoms with Crippen LogP contribution in [0.1, 0.15) is 12.5 Å². The molecule has 1 aromatic rings. The third-order valence-electron chi connectivity index (χ3n) is 2.93. The first-order valence-electron chi connectivity index (χ1n) is 6.68. The summed E-state index contributed by atoms with van der Waals surface area (Å²) in [6.45, 7) is 1.60. The van der Waals surface area contributed by atoms with Crippen molar-refractivity contribution in [1.82, 2.24) is 4.90 Å². The Morgan fingerprint density at radius 2 is 2.25 bits per heavy atom. The van der Waals surface area contributed by atoms with Gasteiger partial charge in [0.15, 0.2) is 0 Å². The van der Waals surface area contributed by atoms with Gasteiger partial charge in [0.1, 0.15) is 15.9 Å². The van der Waals surface area contributed by atoms with Gasteiger partial charge in [0.2, 0.25) is 0 Å². The fraction of sp³-hybridized carbons (Fsp3) is 0.214. The van der Waals surface area contributed by atoms with Gasteiger partial charge < -0.3 is 4.74 Å². The number of esters is 1. The highest BCUT2D eigenvalue weighted by Gasteiger charge is 2.33. The maximum absolute atomic E-state index is 12.3. The lowest BCUT2D eigenvalue weighted by Crippen LogP contribution is -2.34. The van der Waals surface area contributed by atoms with E-state index in [1.54, 1.807) is 13.0 Å². The summed E-state index contributed by atoms with van der Waals surface area (Å²) in [6.07, 6.45) is 1.47. The Hall–Kier alpha value is -1.97. The second-order valence-corrected chi connectivity index (χ2v) is 6.62. The van der Waals surface area contributed by atoms with Gasteiger partial charge in [-0.05, 0) is 24.6 Å².